The summed E-state index contributed by atoms with van der Waals surface area (Å²) in [5.41, 5.74) is 1.67. The lowest BCUT2D eigenvalue weighted by Crippen LogP contribution is -2.12. The van der Waals surface area contributed by atoms with E-state index in [9.17, 15) is 13.2 Å². The fourth-order valence-electron chi connectivity index (χ4n) is 1.64. The molecule has 20 heavy (non-hydrogen) atoms. The molecular weight excluding hydrogens is 277 g/mol. The molecule has 0 atom stereocenters. The molecular formula is C9H7F3N8. The second-order valence-corrected chi connectivity index (χ2v) is 3.82. The van der Waals surface area contributed by atoms with E-state index < -0.39 is 11.7 Å². The Morgan fingerprint density at radius 1 is 1.25 bits per heavy atom. The first kappa shape index (κ1) is 12.3. The molecule has 3 aromatic heterocycles. The molecule has 0 spiro atoms. The largest absolute Gasteiger partial charge is 0.419 e. The molecule has 0 fully saturated rings. The minimum Gasteiger partial charge on any atom is -0.292 e. The summed E-state index contributed by atoms with van der Waals surface area (Å²) in [4.78, 5) is 7.95. The molecule has 3 rings (SSSR count). The number of H-pyrrole nitrogens is 1. The van der Waals surface area contributed by atoms with Crippen LogP contribution in [-0.2, 0) is 6.18 Å². The number of nitrogen functional groups attached to an aromatic ring is 1. The van der Waals surface area contributed by atoms with E-state index in [4.69, 9.17) is 5.84 Å². The zero-order valence-corrected chi connectivity index (χ0v) is 9.68. The summed E-state index contributed by atoms with van der Waals surface area (Å²) in [6, 6.07) is 0. The van der Waals surface area contributed by atoms with Gasteiger partial charge in [0, 0.05) is 6.20 Å². The normalized spacial score (nSPS) is 12.0. The Hall–Kier alpha value is -2.69. The van der Waals surface area contributed by atoms with Gasteiger partial charge in [-0.25, -0.2) is 10.5 Å². The van der Waals surface area contributed by atoms with Crippen LogP contribution in [0.5, 0.6) is 0 Å². The van der Waals surface area contributed by atoms with Crippen LogP contribution in [0.4, 0.5) is 19.1 Å². The van der Waals surface area contributed by atoms with Crippen molar-refractivity contribution in [2.24, 2.45) is 5.84 Å². The highest BCUT2D eigenvalue weighted by Crippen LogP contribution is 2.29. The van der Waals surface area contributed by atoms with Crippen molar-refractivity contribution in [3.05, 3.63) is 24.2 Å². The molecule has 0 saturated carbocycles. The van der Waals surface area contributed by atoms with Crippen LogP contribution in [-0.4, -0.2) is 29.9 Å². The molecule has 4 N–H and O–H groups in total. The fourth-order valence-corrected chi connectivity index (χ4v) is 1.64. The van der Waals surface area contributed by atoms with Gasteiger partial charge in [0.15, 0.2) is 11.5 Å². The average molecular weight is 284 g/mol. The highest BCUT2D eigenvalue weighted by Gasteiger charge is 2.32. The second-order valence-electron chi connectivity index (χ2n) is 3.82. The number of rotatable bonds is 2. The fraction of sp³-hybridized carbons (Fsp3) is 0.111. The Morgan fingerprint density at radius 2 is 2.05 bits per heavy atom. The predicted molar refractivity (Wildman–Crippen MR) is 61.6 cm³/mol. The predicted octanol–water partition coefficient (Wildman–Crippen LogP) is 0.843. The van der Waals surface area contributed by atoms with Crippen LogP contribution >= 0.6 is 0 Å². The maximum absolute atomic E-state index is 12.6. The van der Waals surface area contributed by atoms with E-state index >= 15 is 0 Å². The summed E-state index contributed by atoms with van der Waals surface area (Å²) in [5.74, 6) is 5.37. The van der Waals surface area contributed by atoms with Gasteiger partial charge < -0.3 is 0 Å². The van der Waals surface area contributed by atoms with Gasteiger partial charge in [0.2, 0.25) is 5.95 Å². The Morgan fingerprint density at radius 3 is 2.70 bits per heavy atom. The summed E-state index contributed by atoms with van der Waals surface area (Å²) in [6.07, 6.45) is -1.55. The van der Waals surface area contributed by atoms with Crippen molar-refractivity contribution in [1.29, 1.82) is 0 Å². The van der Waals surface area contributed by atoms with E-state index in [1.807, 2.05) is 0 Å². The molecule has 0 aliphatic heterocycles. The van der Waals surface area contributed by atoms with Crippen molar-refractivity contribution in [2.75, 3.05) is 5.43 Å². The Labute approximate surface area is 108 Å². The second kappa shape index (κ2) is 4.16. The minimum atomic E-state index is -4.48. The van der Waals surface area contributed by atoms with E-state index in [1.54, 1.807) is 0 Å². The number of anilines is 1. The van der Waals surface area contributed by atoms with Gasteiger partial charge in [0.05, 0.1) is 23.3 Å². The topological polar surface area (TPSA) is 110 Å². The maximum atomic E-state index is 12.6. The third kappa shape index (κ3) is 1.93. The molecule has 0 saturated heterocycles. The molecule has 0 radical (unpaired) electrons. The number of aromatic nitrogens is 6. The minimum absolute atomic E-state index is 0.0285. The first-order valence-corrected chi connectivity index (χ1v) is 5.29. The molecule has 0 amide bonds. The maximum Gasteiger partial charge on any atom is 0.419 e. The van der Waals surface area contributed by atoms with Gasteiger partial charge in [-0.1, -0.05) is 0 Å². The van der Waals surface area contributed by atoms with Crippen LogP contribution in [0.3, 0.4) is 0 Å². The first-order chi connectivity index (χ1) is 9.49. The van der Waals surface area contributed by atoms with Crippen LogP contribution in [0, 0.1) is 0 Å². The molecule has 0 aliphatic carbocycles. The molecule has 104 valence electrons. The van der Waals surface area contributed by atoms with Crippen LogP contribution in [0.1, 0.15) is 5.56 Å². The van der Waals surface area contributed by atoms with Crippen molar-refractivity contribution in [3.8, 4) is 5.82 Å². The molecule has 11 heteroatoms. The summed E-state index contributed by atoms with van der Waals surface area (Å²) >= 11 is 0. The van der Waals surface area contributed by atoms with Crippen LogP contribution in [0.25, 0.3) is 16.9 Å². The van der Waals surface area contributed by atoms with E-state index in [0.29, 0.717) is 17.2 Å². The van der Waals surface area contributed by atoms with Crippen LogP contribution < -0.4 is 11.3 Å². The first-order valence-electron chi connectivity index (χ1n) is 5.29. The van der Waals surface area contributed by atoms with Crippen molar-refractivity contribution < 1.29 is 13.2 Å². The number of alkyl halides is 3. The van der Waals surface area contributed by atoms with E-state index in [0.717, 1.165) is 10.9 Å². The SMILES string of the molecule is NNc1nc(-n2cc(C(F)(F)F)cn2)c2cn[nH]c2n1. The lowest BCUT2D eigenvalue weighted by atomic mass is 10.3. The zero-order chi connectivity index (χ0) is 14.3. The van der Waals surface area contributed by atoms with Gasteiger partial charge in [-0.2, -0.15) is 33.3 Å². The summed E-state index contributed by atoms with van der Waals surface area (Å²) < 4.78 is 38.7. The number of hydrogen-bond acceptors (Lipinski definition) is 6. The van der Waals surface area contributed by atoms with E-state index in [1.165, 1.54) is 6.20 Å². The average Bonchev–Trinajstić information content (AvgIpc) is 3.05. The van der Waals surface area contributed by atoms with Crippen molar-refractivity contribution in [3.63, 3.8) is 0 Å². The number of nitrogens with two attached hydrogens (primary N) is 1. The standard InChI is InChI=1S/C9H7F3N8/c10-9(11,12)4-1-15-20(3-4)7-5-2-14-19-6(5)16-8(17-7)18-13/h1-3H,13H2,(H2,14,16,17,18,19). The number of aromatic amines is 1. The van der Waals surface area contributed by atoms with Crippen molar-refractivity contribution >= 4 is 17.0 Å². The molecule has 3 aromatic rings. The highest BCUT2D eigenvalue weighted by molar-refractivity contribution is 5.82. The van der Waals surface area contributed by atoms with Gasteiger partial charge >= 0.3 is 6.18 Å². The summed E-state index contributed by atoms with van der Waals surface area (Å²) in [6.45, 7) is 0. The number of nitrogens with zero attached hydrogens (tertiary/aromatic N) is 5. The van der Waals surface area contributed by atoms with Gasteiger partial charge in [0.25, 0.3) is 0 Å². The van der Waals surface area contributed by atoms with Gasteiger partial charge in [0.1, 0.15) is 0 Å². The molecule has 8 nitrogen and oxygen atoms in total. The molecule has 0 aromatic carbocycles. The van der Waals surface area contributed by atoms with Crippen molar-refractivity contribution in [1.82, 2.24) is 29.9 Å². The Balaban J connectivity index is 2.18. The van der Waals surface area contributed by atoms with E-state index in [-0.39, 0.29) is 11.8 Å². The monoisotopic (exact) mass is 284 g/mol. The quantitative estimate of drug-likeness (QED) is 0.475. The molecule has 0 unspecified atom stereocenters. The number of fused-ring (bicyclic) bond motifs is 1. The number of hydrogen-bond donors (Lipinski definition) is 3. The van der Waals surface area contributed by atoms with E-state index in [2.05, 4.69) is 30.7 Å². The molecule has 0 aliphatic rings. The number of nitrogens with one attached hydrogen (secondary N) is 2. The third-order valence-electron chi connectivity index (χ3n) is 2.55. The smallest absolute Gasteiger partial charge is 0.292 e. The van der Waals surface area contributed by atoms with Gasteiger partial charge in [-0.15, -0.1) is 0 Å². The third-order valence-corrected chi connectivity index (χ3v) is 2.55. The Bertz CT molecular complexity index is 758. The lowest BCUT2D eigenvalue weighted by molar-refractivity contribution is -0.137. The number of hydrazine groups is 1. The lowest BCUT2D eigenvalue weighted by Gasteiger charge is -2.05. The zero-order valence-electron chi connectivity index (χ0n) is 9.68. The van der Waals surface area contributed by atoms with Gasteiger partial charge in [-0.05, 0) is 0 Å². The van der Waals surface area contributed by atoms with Crippen molar-refractivity contribution in [2.45, 2.75) is 6.18 Å². The molecule has 3 heterocycles. The van der Waals surface area contributed by atoms with Crippen LogP contribution in [0.2, 0.25) is 0 Å². The van der Waals surface area contributed by atoms with Gasteiger partial charge in [-0.3, -0.25) is 10.5 Å². The molecule has 0 bridgehead atoms. The summed E-state index contributed by atoms with van der Waals surface area (Å²) in [7, 11) is 0. The highest BCUT2D eigenvalue weighted by atomic mass is 19.4. The summed E-state index contributed by atoms with van der Waals surface area (Å²) in [5, 5.41) is 10.4. The Kier molecular flexibility index (Phi) is 2.57. The number of halogens is 3. The van der Waals surface area contributed by atoms with Crippen LogP contribution in [0.15, 0.2) is 18.6 Å².